The summed E-state index contributed by atoms with van der Waals surface area (Å²) in [6, 6.07) is 23.3. The molecule has 100 heavy (non-hydrogen) atoms. The zero-order valence-electron chi connectivity index (χ0n) is 58.3. The number of amidine groups is 1. The summed E-state index contributed by atoms with van der Waals surface area (Å²) in [5.74, 6) is 2.18. The number of nitrogens with one attached hydrogen (secondary N) is 4. The number of rotatable bonds is 24. The molecule has 1 aromatic heterocycles. The number of piperidine rings is 2. The number of hydrogen-bond acceptors (Lipinski definition) is 16. The maximum absolute atomic E-state index is 15.8. The number of aliphatic imine (C=N–C) groups is 1. The molecule has 22 nitrogen and oxygen atoms in total. The molecule has 4 aromatic carbocycles. The van der Waals surface area contributed by atoms with Crippen LogP contribution in [-0.2, 0) is 25.7 Å². The highest BCUT2D eigenvalue weighted by Gasteiger charge is 2.47. The summed E-state index contributed by atoms with van der Waals surface area (Å²) >= 11 is 12.8. The van der Waals surface area contributed by atoms with Gasteiger partial charge in [-0.05, 0) is 150 Å². The van der Waals surface area contributed by atoms with Gasteiger partial charge in [0.2, 0.25) is 23.6 Å². The number of likely N-dealkylation sites (tertiary alicyclic amines) is 2. The molecule has 0 bridgehead atoms. The number of carbonyl (C=O) groups is 5. The first kappa shape index (κ1) is 71.9. The predicted molar refractivity (Wildman–Crippen MR) is 383 cm³/mol. The van der Waals surface area contributed by atoms with Gasteiger partial charge in [-0.15, -0.1) is 0 Å². The van der Waals surface area contributed by atoms with E-state index in [1.165, 1.54) is 28.3 Å². The van der Waals surface area contributed by atoms with Gasteiger partial charge in [0.05, 0.1) is 49.1 Å². The smallest absolute Gasteiger partial charge is 0.326 e. The summed E-state index contributed by atoms with van der Waals surface area (Å²) in [4.78, 5) is 98.5. The molecule has 536 valence electrons. The number of benzene rings is 4. The summed E-state index contributed by atoms with van der Waals surface area (Å²) in [5.41, 5.74) is 2.31. The zero-order valence-corrected chi connectivity index (χ0v) is 59.8. The maximum Gasteiger partial charge on any atom is 0.326 e. The Kier molecular flexibility index (Phi) is 22.7. The Hall–Kier alpha value is -7.90. The van der Waals surface area contributed by atoms with Crippen LogP contribution in [0.15, 0.2) is 96.2 Å². The molecule has 0 radical (unpaired) electrons. The number of amides is 6. The van der Waals surface area contributed by atoms with Crippen molar-refractivity contribution in [2.75, 3.05) is 141 Å². The Bertz CT molecular complexity index is 3760. The van der Waals surface area contributed by atoms with Crippen LogP contribution in [0.1, 0.15) is 113 Å². The number of likely N-dealkylation sites (N-methyl/N-ethyl adjacent to an activating group) is 1. The lowest BCUT2D eigenvalue weighted by Crippen LogP contribution is -2.66. The molecule has 1 saturated carbocycles. The second kappa shape index (κ2) is 31.6. The SMILES string of the molecule is COc1ccc(C2=N[C@@H](c3ccc(Cl)cc3)[C@@H](c3ccc(Cl)cc3)N2C(=O)N2CCN(CC(=O)NCCN(C)C3C[C@@H]4CN(CCC(=O)NCCCNc5cc(N6CCC7(CC6)CN(c6cc(F)c(CN8CCC(C)(C)CC8)cc6F)CC(=O)N7)ncn5)C[C@@H]4C3)C(=O)C2)c(OC(C)C)c1. The van der Waals surface area contributed by atoms with Crippen molar-refractivity contribution in [2.24, 2.45) is 22.2 Å². The minimum atomic E-state index is -0.652. The number of nitrogens with zero attached hydrogens (tertiary/aromatic N) is 11. The highest BCUT2D eigenvalue weighted by Crippen LogP contribution is 2.47. The van der Waals surface area contributed by atoms with Crippen molar-refractivity contribution in [2.45, 2.75) is 115 Å². The topological polar surface area (TPSA) is 216 Å². The molecular formula is C74H95Cl2F2N15O7. The van der Waals surface area contributed by atoms with Gasteiger partial charge >= 0.3 is 6.03 Å². The molecule has 26 heteroatoms. The van der Waals surface area contributed by atoms with Gasteiger partial charge in [-0.2, -0.15) is 0 Å². The van der Waals surface area contributed by atoms with E-state index < -0.39 is 35.3 Å². The highest BCUT2D eigenvalue weighted by molar-refractivity contribution is 6.30. The van der Waals surface area contributed by atoms with Gasteiger partial charge in [0.25, 0.3) is 0 Å². The van der Waals surface area contributed by atoms with Crippen molar-refractivity contribution in [3.8, 4) is 11.5 Å². The summed E-state index contributed by atoms with van der Waals surface area (Å²) < 4.78 is 43.3. The number of hydrogen-bond donors (Lipinski definition) is 4. The predicted octanol–water partition coefficient (Wildman–Crippen LogP) is 9.03. The van der Waals surface area contributed by atoms with Gasteiger partial charge in [0, 0.05) is 131 Å². The van der Waals surface area contributed by atoms with Gasteiger partial charge in [-0.1, -0.05) is 61.3 Å². The Morgan fingerprint density at radius 3 is 2.16 bits per heavy atom. The monoisotopic (exact) mass is 1410 g/mol. The number of carbonyl (C=O) groups excluding carboxylic acids is 5. The highest BCUT2D eigenvalue weighted by atomic mass is 35.5. The first-order valence-corrected chi connectivity index (χ1v) is 36.1. The molecule has 1 spiro atoms. The van der Waals surface area contributed by atoms with Crippen LogP contribution in [-0.4, -0.2) is 218 Å². The normalized spacial score (nSPS) is 22.3. The van der Waals surface area contributed by atoms with Crippen molar-refractivity contribution in [1.29, 1.82) is 0 Å². The molecule has 4 N–H and O–H groups in total. The second-order valence-electron chi connectivity index (χ2n) is 29.2. The molecule has 7 aliphatic rings. The van der Waals surface area contributed by atoms with Crippen LogP contribution in [0.3, 0.4) is 0 Å². The minimum absolute atomic E-state index is 0.0263. The van der Waals surface area contributed by atoms with E-state index >= 15 is 13.6 Å². The first-order valence-electron chi connectivity index (χ1n) is 35.4. The van der Waals surface area contributed by atoms with Crippen molar-refractivity contribution in [3.05, 3.63) is 135 Å². The maximum atomic E-state index is 15.8. The molecule has 6 aliphatic heterocycles. The molecule has 6 amide bonds. The Labute approximate surface area is 595 Å². The second-order valence-corrected chi connectivity index (χ2v) is 30.1. The standard InChI is InChI=1S/C74H95Cl2F2N15O7/c1-48(2)100-62-37-57(99-6)16-17-58(62)71-84-69(49-8-12-54(75)13-9-49)70(50-10-14-55(76)15-11-50)93(71)72(98)91-33-32-90(68(97)45-91)43-66(95)81-25-31-86(5)56-34-51-40-88(41-52(51)35-56)26-18-65(94)80-24-7-23-79-63-39-64(83-47-82-63)89-29-21-74(22-30-89)46-92(44-67(96)85-74)61-38-59(77)53(36-60(61)78)42-87-27-19-73(3,4)20-28-87/h8-17,36-39,47-48,51-52,56,69-70H,7,18-35,40-46H2,1-6H3,(H,80,94)(H,81,95)(H,85,96)(H,79,82,83)/t51-,52+,56?,69-,70+/m0/s1. The average Bonchev–Trinajstić information content (AvgIpc) is 1.23. The van der Waals surface area contributed by atoms with Crippen LogP contribution in [0.2, 0.25) is 10.0 Å². The molecule has 6 fully saturated rings. The summed E-state index contributed by atoms with van der Waals surface area (Å²) in [6.45, 7) is 16.7. The third-order valence-electron chi connectivity index (χ3n) is 21.3. The van der Waals surface area contributed by atoms with Crippen LogP contribution in [0.4, 0.5) is 30.9 Å². The summed E-state index contributed by atoms with van der Waals surface area (Å²) in [7, 11) is 3.68. The summed E-state index contributed by atoms with van der Waals surface area (Å²) in [5, 5.41) is 13.8. The van der Waals surface area contributed by atoms with Gasteiger partial charge in [-0.25, -0.2) is 23.5 Å². The van der Waals surface area contributed by atoms with Crippen LogP contribution >= 0.6 is 23.2 Å². The fourth-order valence-electron chi connectivity index (χ4n) is 15.5. The lowest BCUT2D eigenvalue weighted by Gasteiger charge is -2.48. The third-order valence-corrected chi connectivity index (χ3v) is 21.8. The van der Waals surface area contributed by atoms with Crippen LogP contribution in [0.5, 0.6) is 11.5 Å². The molecule has 12 rings (SSSR count). The van der Waals surface area contributed by atoms with E-state index in [0.29, 0.717) is 147 Å². The number of methoxy groups -OCH3 is 1. The van der Waals surface area contributed by atoms with E-state index in [2.05, 4.69) is 71.7 Å². The Balaban J connectivity index is 0.538. The van der Waals surface area contributed by atoms with Crippen LogP contribution in [0.25, 0.3) is 0 Å². The van der Waals surface area contributed by atoms with E-state index in [1.807, 2.05) is 50.2 Å². The lowest BCUT2D eigenvalue weighted by atomic mass is 9.82. The molecule has 1 aliphatic carbocycles. The molecule has 5 atom stereocenters. The van der Waals surface area contributed by atoms with E-state index in [9.17, 15) is 19.2 Å². The Morgan fingerprint density at radius 1 is 0.770 bits per heavy atom. The molecular weight excluding hydrogens is 1320 g/mol. The van der Waals surface area contributed by atoms with Gasteiger partial charge < -0.3 is 60.1 Å². The largest absolute Gasteiger partial charge is 0.497 e. The van der Waals surface area contributed by atoms with E-state index in [0.717, 1.165) is 68.8 Å². The molecule has 5 aromatic rings. The summed E-state index contributed by atoms with van der Waals surface area (Å²) in [6.07, 6.45) is 7.78. The number of piperazine rings is 2. The van der Waals surface area contributed by atoms with Crippen LogP contribution in [0, 0.1) is 28.9 Å². The minimum Gasteiger partial charge on any atom is -0.497 e. The molecule has 1 unspecified atom stereocenters. The van der Waals surface area contributed by atoms with E-state index in [4.69, 9.17) is 37.7 Å². The zero-order chi connectivity index (χ0) is 70.4. The number of aromatic nitrogens is 2. The fourth-order valence-corrected chi connectivity index (χ4v) is 15.7. The van der Waals surface area contributed by atoms with Crippen molar-refractivity contribution >= 4 is 76.0 Å². The van der Waals surface area contributed by atoms with E-state index in [-0.39, 0.29) is 73.6 Å². The van der Waals surface area contributed by atoms with Gasteiger partial charge in [-0.3, -0.25) is 34.0 Å². The number of fused-ring (bicyclic) bond motifs is 1. The van der Waals surface area contributed by atoms with E-state index in [1.54, 1.807) is 53.3 Å². The van der Waals surface area contributed by atoms with Crippen molar-refractivity contribution in [1.82, 2.24) is 55.3 Å². The number of urea groups is 1. The van der Waals surface area contributed by atoms with Crippen molar-refractivity contribution in [3.63, 3.8) is 0 Å². The molecule has 5 saturated heterocycles. The lowest BCUT2D eigenvalue weighted by molar-refractivity contribution is -0.139. The average molecular weight is 1420 g/mol. The third kappa shape index (κ3) is 17.3. The fraction of sp³-hybridized carbons (Fsp3) is 0.541. The quantitative estimate of drug-likeness (QED) is 0.0424. The first-order chi connectivity index (χ1) is 48.0. The number of ether oxygens (including phenoxy) is 2. The molecule has 7 heterocycles. The van der Waals surface area contributed by atoms with Crippen LogP contribution < -0.4 is 40.5 Å². The van der Waals surface area contributed by atoms with Gasteiger partial charge in [0.1, 0.15) is 59.5 Å². The van der Waals surface area contributed by atoms with Crippen molar-refractivity contribution < 1.29 is 42.2 Å². The van der Waals surface area contributed by atoms with Gasteiger partial charge in [0.15, 0.2) is 0 Å². The Morgan fingerprint density at radius 2 is 1.47 bits per heavy atom. The number of halogens is 4. The number of anilines is 3.